The zero-order chi connectivity index (χ0) is 13.3. The van der Waals surface area contributed by atoms with E-state index in [9.17, 15) is 9.50 Å². The van der Waals surface area contributed by atoms with Gasteiger partial charge in [-0.15, -0.1) is 0 Å². The molecule has 0 radical (unpaired) electrons. The second-order valence-corrected chi connectivity index (χ2v) is 5.39. The van der Waals surface area contributed by atoms with E-state index in [1.54, 1.807) is 24.3 Å². The van der Waals surface area contributed by atoms with Crippen LogP contribution in [0.5, 0.6) is 0 Å². The van der Waals surface area contributed by atoms with Gasteiger partial charge in [-0.05, 0) is 39.7 Å². The summed E-state index contributed by atoms with van der Waals surface area (Å²) in [7, 11) is 0. The largest absolute Gasteiger partial charge is 0.384 e. The van der Waals surface area contributed by atoms with Gasteiger partial charge in [-0.25, -0.2) is 4.39 Å². The molecule has 1 N–H and O–H groups in total. The van der Waals surface area contributed by atoms with Crippen LogP contribution in [0.25, 0.3) is 0 Å². The van der Waals surface area contributed by atoms with E-state index in [-0.39, 0.29) is 5.56 Å². The minimum absolute atomic E-state index is 0.183. The summed E-state index contributed by atoms with van der Waals surface area (Å²) in [4.78, 5) is 0. The third kappa shape index (κ3) is 2.69. The highest BCUT2D eigenvalue weighted by Crippen LogP contribution is 2.31. The Bertz CT molecular complexity index is 589. The summed E-state index contributed by atoms with van der Waals surface area (Å²) in [6.45, 7) is 0. The van der Waals surface area contributed by atoms with E-state index >= 15 is 0 Å². The summed E-state index contributed by atoms with van der Waals surface area (Å²) in [6, 6.07) is 9.45. The van der Waals surface area contributed by atoms with Crippen molar-refractivity contribution >= 4 is 39.1 Å². The Balaban J connectivity index is 2.44. The predicted molar refractivity (Wildman–Crippen MR) is 74.6 cm³/mol. The molecule has 0 bridgehead atoms. The van der Waals surface area contributed by atoms with Crippen molar-refractivity contribution in [1.82, 2.24) is 0 Å². The first-order chi connectivity index (χ1) is 8.50. The lowest BCUT2D eigenvalue weighted by molar-refractivity contribution is 0.215. The highest BCUT2D eigenvalue weighted by atomic mass is 79.9. The van der Waals surface area contributed by atoms with Crippen LogP contribution in [-0.4, -0.2) is 5.11 Å². The SMILES string of the molecule is OC(c1ccc(Cl)c(Cl)c1)c1cccc(Br)c1F. The van der Waals surface area contributed by atoms with Gasteiger partial charge in [0.05, 0.1) is 14.5 Å². The summed E-state index contributed by atoms with van der Waals surface area (Å²) in [5.41, 5.74) is 0.671. The van der Waals surface area contributed by atoms with Crippen LogP contribution in [-0.2, 0) is 0 Å². The molecule has 94 valence electrons. The third-order valence-corrected chi connectivity index (χ3v) is 3.89. The lowest BCUT2D eigenvalue weighted by Crippen LogP contribution is -2.03. The number of halogens is 4. The van der Waals surface area contributed by atoms with Crippen LogP contribution in [0.15, 0.2) is 40.9 Å². The van der Waals surface area contributed by atoms with Crippen LogP contribution < -0.4 is 0 Å². The van der Waals surface area contributed by atoms with Crippen LogP contribution in [0.3, 0.4) is 0 Å². The fraction of sp³-hybridized carbons (Fsp3) is 0.0769. The average Bonchev–Trinajstić information content (AvgIpc) is 2.35. The van der Waals surface area contributed by atoms with E-state index in [4.69, 9.17) is 23.2 Å². The van der Waals surface area contributed by atoms with Crippen molar-refractivity contribution in [2.24, 2.45) is 0 Å². The number of hydrogen-bond acceptors (Lipinski definition) is 1. The van der Waals surface area contributed by atoms with Crippen molar-refractivity contribution in [1.29, 1.82) is 0 Å². The Hall–Kier alpha value is -0.610. The van der Waals surface area contributed by atoms with Gasteiger partial charge in [-0.2, -0.15) is 0 Å². The monoisotopic (exact) mass is 348 g/mol. The maximum atomic E-state index is 13.9. The van der Waals surface area contributed by atoms with Crippen LogP contribution in [0, 0.1) is 5.82 Å². The smallest absolute Gasteiger partial charge is 0.143 e. The van der Waals surface area contributed by atoms with Crippen molar-refractivity contribution in [3.63, 3.8) is 0 Å². The summed E-state index contributed by atoms with van der Waals surface area (Å²) in [6.07, 6.45) is -1.09. The van der Waals surface area contributed by atoms with Crippen molar-refractivity contribution in [3.05, 3.63) is 67.9 Å². The fourth-order valence-corrected chi connectivity index (χ4v) is 2.28. The summed E-state index contributed by atoms with van der Waals surface area (Å²) in [5, 5.41) is 10.9. The van der Waals surface area contributed by atoms with Crippen molar-refractivity contribution in [2.75, 3.05) is 0 Å². The van der Waals surface area contributed by atoms with Crippen molar-refractivity contribution in [3.8, 4) is 0 Å². The first kappa shape index (κ1) is 13.8. The molecule has 0 saturated heterocycles. The molecule has 2 aromatic carbocycles. The standard InChI is InChI=1S/C13H8BrCl2FO/c14-9-3-1-2-8(12(9)17)13(18)7-4-5-10(15)11(16)6-7/h1-6,13,18H. The summed E-state index contributed by atoms with van der Waals surface area (Å²) < 4.78 is 14.2. The van der Waals surface area contributed by atoms with Gasteiger partial charge in [0, 0.05) is 5.56 Å². The zero-order valence-corrected chi connectivity index (χ0v) is 12.1. The van der Waals surface area contributed by atoms with Crippen LogP contribution in [0.4, 0.5) is 4.39 Å². The minimum atomic E-state index is -1.09. The Morgan fingerprint density at radius 2 is 1.83 bits per heavy atom. The highest BCUT2D eigenvalue weighted by molar-refractivity contribution is 9.10. The first-order valence-electron chi connectivity index (χ1n) is 5.07. The number of benzene rings is 2. The lowest BCUT2D eigenvalue weighted by atomic mass is 10.0. The van der Waals surface area contributed by atoms with Gasteiger partial charge in [-0.3, -0.25) is 0 Å². The van der Waals surface area contributed by atoms with Gasteiger partial charge in [0.15, 0.2) is 0 Å². The molecule has 1 unspecified atom stereocenters. The van der Waals surface area contributed by atoms with Gasteiger partial charge in [-0.1, -0.05) is 41.4 Å². The van der Waals surface area contributed by atoms with Gasteiger partial charge < -0.3 is 5.11 Å². The molecule has 0 aliphatic rings. The number of aliphatic hydroxyl groups is 1. The predicted octanol–water partition coefficient (Wildman–Crippen LogP) is 4.98. The van der Waals surface area contributed by atoms with Gasteiger partial charge >= 0.3 is 0 Å². The Morgan fingerprint density at radius 1 is 1.11 bits per heavy atom. The Kier molecular flexibility index (Phi) is 4.28. The molecule has 0 aromatic heterocycles. The molecule has 1 atom stereocenters. The summed E-state index contributed by atoms with van der Waals surface area (Å²) >= 11 is 14.7. The van der Waals surface area contributed by atoms with Gasteiger partial charge in [0.1, 0.15) is 11.9 Å². The molecule has 0 heterocycles. The number of hydrogen-bond donors (Lipinski definition) is 1. The molecule has 1 nitrogen and oxygen atoms in total. The van der Waals surface area contributed by atoms with Crippen molar-refractivity contribution in [2.45, 2.75) is 6.10 Å². The molecule has 0 spiro atoms. The summed E-state index contributed by atoms with van der Waals surface area (Å²) in [5.74, 6) is -0.490. The minimum Gasteiger partial charge on any atom is -0.384 e. The molecule has 0 fully saturated rings. The molecule has 2 aromatic rings. The zero-order valence-electron chi connectivity index (χ0n) is 9.00. The molecular weight excluding hydrogens is 342 g/mol. The molecule has 18 heavy (non-hydrogen) atoms. The molecule has 2 rings (SSSR count). The van der Waals surface area contributed by atoms with Crippen LogP contribution in [0.2, 0.25) is 10.0 Å². The maximum absolute atomic E-state index is 13.9. The lowest BCUT2D eigenvalue weighted by Gasteiger charge is -2.13. The quantitative estimate of drug-likeness (QED) is 0.810. The van der Waals surface area contributed by atoms with E-state index in [0.29, 0.717) is 20.1 Å². The average molecular weight is 350 g/mol. The normalized spacial score (nSPS) is 12.5. The van der Waals surface area contributed by atoms with E-state index < -0.39 is 11.9 Å². The molecule has 0 aliphatic carbocycles. The van der Waals surface area contributed by atoms with E-state index in [1.807, 2.05) is 0 Å². The molecule has 0 amide bonds. The van der Waals surface area contributed by atoms with Gasteiger partial charge in [0.2, 0.25) is 0 Å². The Labute approximate surface area is 122 Å². The van der Waals surface area contributed by atoms with Gasteiger partial charge in [0.25, 0.3) is 0 Å². The molecule has 0 aliphatic heterocycles. The van der Waals surface area contributed by atoms with Crippen LogP contribution >= 0.6 is 39.1 Å². The second kappa shape index (κ2) is 5.57. The topological polar surface area (TPSA) is 20.2 Å². The van der Waals surface area contributed by atoms with Crippen molar-refractivity contribution < 1.29 is 9.50 Å². The fourth-order valence-electron chi connectivity index (χ4n) is 1.59. The first-order valence-corrected chi connectivity index (χ1v) is 6.62. The van der Waals surface area contributed by atoms with Crippen LogP contribution in [0.1, 0.15) is 17.2 Å². The Morgan fingerprint density at radius 3 is 2.50 bits per heavy atom. The van der Waals surface area contributed by atoms with E-state index in [2.05, 4.69) is 15.9 Å². The van der Waals surface area contributed by atoms with E-state index in [1.165, 1.54) is 12.1 Å². The maximum Gasteiger partial charge on any atom is 0.143 e. The molecule has 0 saturated carbocycles. The highest BCUT2D eigenvalue weighted by Gasteiger charge is 2.17. The number of rotatable bonds is 2. The second-order valence-electron chi connectivity index (χ2n) is 3.72. The molecular formula is C13H8BrCl2FO. The number of aliphatic hydroxyl groups excluding tert-OH is 1. The van der Waals surface area contributed by atoms with E-state index in [0.717, 1.165) is 0 Å². The molecule has 5 heteroatoms. The third-order valence-electron chi connectivity index (χ3n) is 2.54.